The lowest BCUT2D eigenvalue weighted by Crippen LogP contribution is -2.69. The molecule has 5 heteroatoms. The minimum Gasteiger partial charge on any atom is -0.481 e. The maximum Gasteiger partial charge on any atom is 0.306 e. The third-order valence-corrected chi connectivity index (χ3v) is 3.87. The van der Waals surface area contributed by atoms with Crippen LogP contribution in [0.4, 0.5) is 5.69 Å². The van der Waals surface area contributed by atoms with Gasteiger partial charge in [-0.2, -0.15) is 0 Å². The largest absolute Gasteiger partial charge is 0.481 e. The van der Waals surface area contributed by atoms with Crippen molar-refractivity contribution < 1.29 is 19.8 Å². The molecule has 2 atom stereocenters. The molecule has 0 bridgehead atoms. The van der Waals surface area contributed by atoms with E-state index < -0.39 is 29.9 Å². The molecule has 1 fully saturated rings. The Bertz CT molecular complexity index is 701. The Hall–Kier alpha value is -2.66. The monoisotopic (exact) mass is 297 g/mol. The quantitative estimate of drug-likeness (QED) is 0.846. The molecule has 1 saturated heterocycles. The van der Waals surface area contributed by atoms with Gasteiger partial charge < -0.3 is 10.2 Å². The predicted octanol–water partition coefficient (Wildman–Crippen LogP) is 1.98. The first-order valence-electron chi connectivity index (χ1n) is 6.92. The molecule has 2 aromatic rings. The van der Waals surface area contributed by atoms with Crippen LogP contribution in [-0.2, 0) is 9.59 Å². The highest BCUT2D eigenvalue weighted by atomic mass is 16.4. The van der Waals surface area contributed by atoms with Crippen LogP contribution in [0, 0.1) is 0 Å². The zero-order valence-electron chi connectivity index (χ0n) is 11.7. The number of benzene rings is 2. The summed E-state index contributed by atoms with van der Waals surface area (Å²) in [5, 5.41) is 19.6. The molecule has 0 spiro atoms. The first-order valence-corrected chi connectivity index (χ1v) is 6.92. The minimum absolute atomic E-state index is 0.588. The van der Waals surface area contributed by atoms with E-state index in [1.54, 1.807) is 48.5 Å². The van der Waals surface area contributed by atoms with Crippen molar-refractivity contribution in [1.82, 2.24) is 0 Å². The fourth-order valence-corrected chi connectivity index (χ4v) is 2.91. The van der Waals surface area contributed by atoms with Crippen LogP contribution in [0.15, 0.2) is 60.7 Å². The number of β-lactam (4-membered cyclic amide) rings is 1. The Balaban J connectivity index is 2.04. The van der Waals surface area contributed by atoms with Gasteiger partial charge in [0.1, 0.15) is 6.04 Å². The summed E-state index contributed by atoms with van der Waals surface area (Å²) in [5.74, 6) is -1.79. The number of aliphatic carboxylic acids is 1. The molecule has 0 aliphatic carbocycles. The number of nitrogens with zero attached hydrogens (tertiary/aromatic N) is 1. The molecule has 1 aliphatic heterocycles. The standard InChI is InChI=1S/C17H15NO4/c19-14(20)11-17(22)15(12-7-3-1-4-8-12)18(16(17)21)13-9-5-2-6-10-13/h1-10,15,22H,11H2,(H,19,20)/t15-,17-/m0/s1. The van der Waals surface area contributed by atoms with E-state index in [-0.39, 0.29) is 0 Å². The van der Waals surface area contributed by atoms with E-state index >= 15 is 0 Å². The number of amides is 1. The molecule has 3 rings (SSSR count). The third-order valence-electron chi connectivity index (χ3n) is 3.87. The first-order chi connectivity index (χ1) is 10.5. The maximum absolute atomic E-state index is 12.4. The van der Waals surface area contributed by atoms with Crippen molar-refractivity contribution in [1.29, 1.82) is 0 Å². The van der Waals surface area contributed by atoms with E-state index in [2.05, 4.69) is 0 Å². The smallest absolute Gasteiger partial charge is 0.306 e. The van der Waals surface area contributed by atoms with Gasteiger partial charge >= 0.3 is 5.97 Å². The van der Waals surface area contributed by atoms with Crippen molar-refractivity contribution in [3.05, 3.63) is 66.2 Å². The van der Waals surface area contributed by atoms with Crippen LogP contribution in [0.1, 0.15) is 18.0 Å². The predicted molar refractivity (Wildman–Crippen MR) is 80.3 cm³/mol. The van der Waals surface area contributed by atoms with Crippen molar-refractivity contribution in [3.8, 4) is 0 Å². The van der Waals surface area contributed by atoms with Gasteiger partial charge in [0.05, 0.1) is 6.42 Å². The number of para-hydroxylation sites is 1. The van der Waals surface area contributed by atoms with E-state index in [1.807, 2.05) is 12.1 Å². The summed E-state index contributed by atoms with van der Waals surface area (Å²) in [4.78, 5) is 24.9. The van der Waals surface area contributed by atoms with E-state index in [1.165, 1.54) is 4.90 Å². The molecular formula is C17H15NO4. The van der Waals surface area contributed by atoms with Crippen LogP contribution in [0.3, 0.4) is 0 Å². The van der Waals surface area contributed by atoms with Crippen LogP contribution in [0.2, 0.25) is 0 Å². The molecular weight excluding hydrogens is 282 g/mol. The van der Waals surface area contributed by atoms with E-state index in [9.17, 15) is 14.7 Å². The molecule has 2 aromatic carbocycles. The number of hydrogen-bond acceptors (Lipinski definition) is 3. The zero-order chi connectivity index (χ0) is 15.7. The van der Waals surface area contributed by atoms with E-state index in [0.29, 0.717) is 11.3 Å². The van der Waals surface area contributed by atoms with Gasteiger partial charge in [-0.3, -0.25) is 14.5 Å². The van der Waals surface area contributed by atoms with Crippen LogP contribution >= 0.6 is 0 Å². The summed E-state index contributed by atoms with van der Waals surface area (Å²) in [6.07, 6.45) is -0.616. The molecule has 0 radical (unpaired) electrons. The van der Waals surface area contributed by atoms with Crippen LogP contribution < -0.4 is 4.90 Å². The summed E-state index contributed by atoms with van der Waals surface area (Å²) >= 11 is 0. The number of carbonyl (C=O) groups excluding carboxylic acids is 1. The summed E-state index contributed by atoms with van der Waals surface area (Å²) in [5.41, 5.74) is -0.575. The van der Waals surface area contributed by atoms with Gasteiger partial charge in [-0.05, 0) is 17.7 Å². The molecule has 1 amide bonds. The molecule has 5 nitrogen and oxygen atoms in total. The summed E-state index contributed by atoms with van der Waals surface area (Å²) in [6, 6.07) is 17.2. The van der Waals surface area contributed by atoms with Crippen LogP contribution in [0.25, 0.3) is 0 Å². The van der Waals surface area contributed by atoms with E-state index in [0.717, 1.165) is 0 Å². The third kappa shape index (κ3) is 2.16. The Labute approximate surface area is 127 Å². The Morgan fingerprint density at radius 2 is 1.59 bits per heavy atom. The Morgan fingerprint density at radius 1 is 1.05 bits per heavy atom. The second-order valence-electron chi connectivity index (χ2n) is 5.32. The number of aliphatic hydroxyl groups is 1. The fraction of sp³-hybridized carbons (Fsp3) is 0.176. The SMILES string of the molecule is O=C(O)C[C@@]1(O)C(=O)N(c2ccccc2)[C@H]1c1ccccc1. The topological polar surface area (TPSA) is 77.8 Å². The lowest BCUT2D eigenvalue weighted by Gasteiger charge is -2.52. The minimum atomic E-state index is -1.91. The van der Waals surface area contributed by atoms with Crippen molar-refractivity contribution in [2.75, 3.05) is 4.90 Å². The highest BCUT2D eigenvalue weighted by Gasteiger charge is 2.61. The lowest BCUT2D eigenvalue weighted by atomic mass is 9.75. The van der Waals surface area contributed by atoms with Crippen molar-refractivity contribution in [2.45, 2.75) is 18.1 Å². The molecule has 0 unspecified atom stereocenters. The van der Waals surface area contributed by atoms with Crippen molar-refractivity contribution in [2.24, 2.45) is 0 Å². The molecule has 1 heterocycles. The molecule has 22 heavy (non-hydrogen) atoms. The summed E-state index contributed by atoms with van der Waals surface area (Å²) in [6.45, 7) is 0. The zero-order valence-corrected chi connectivity index (χ0v) is 11.7. The highest BCUT2D eigenvalue weighted by molar-refractivity contribution is 6.09. The average Bonchev–Trinajstić information content (AvgIpc) is 2.52. The normalized spacial score (nSPS) is 24.0. The molecule has 2 N–H and O–H groups in total. The van der Waals surface area contributed by atoms with Gasteiger partial charge in [-0.15, -0.1) is 0 Å². The molecule has 1 aliphatic rings. The van der Waals surface area contributed by atoms with Gasteiger partial charge in [-0.1, -0.05) is 48.5 Å². The molecule has 112 valence electrons. The summed E-state index contributed by atoms with van der Waals surface area (Å²) < 4.78 is 0. The lowest BCUT2D eigenvalue weighted by molar-refractivity contribution is -0.163. The second-order valence-corrected chi connectivity index (χ2v) is 5.32. The number of carboxylic acid groups (broad SMARTS) is 1. The number of carbonyl (C=O) groups is 2. The van der Waals surface area contributed by atoms with Gasteiger partial charge in [0.15, 0.2) is 5.60 Å². The molecule has 0 aromatic heterocycles. The number of rotatable bonds is 4. The Kier molecular flexibility index (Phi) is 3.42. The van der Waals surface area contributed by atoms with Crippen molar-refractivity contribution in [3.63, 3.8) is 0 Å². The number of carboxylic acids is 1. The number of hydrogen-bond donors (Lipinski definition) is 2. The van der Waals surface area contributed by atoms with Gasteiger partial charge in [0, 0.05) is 5.69 Å². The number of anilines is 1. The Morgan fingerprint density at radius 3 is 2.14 bits per heavy atom. The molecule has 0 saturated carbocycles. The fourth-order valence-electron chi connectivity index (χ4n) is 2.91. The van der Waals surface area contributed by atoms with Gasteiger partial charge in [0.25, 0.3) is 5.91 Å². The van der Waals surface area contributed by atoms with Crippen LogP contribution in [-0.4, -0.2) is 27.7 Å². The van der Waals surface area contributed by atoms with Crippen LogP contribution in [0.5, 0.6) is 0 Å². The average molecular weight is 297 g/mol. The highest BCUT2D eigenvalue weighted by Crippen LogP contribution is 2.47. The maximum atomic E-state index is 12.4. The van der Waals surface area contributed by atoms with Gasteiger partial charge in [0.2, 0.25) is 0 Å². The first kappa shape index (κ1) is 14.3. The second kappa shape index (κ2) is 5.27. The summed E-state index contributed by atoms with van der Waals surface area (Å²) in [7, 11) is 0. The van der Waals surface area contributed by atoms with E-state index in [4.69, 9.17) is 5.11 Å². The van der Waals surface area contributed by atoms with Gasteiger partial charge in [-0.25, -0.2) is 0 Å². The van der Waals surface area contributed by atoms with Crippen molar-refractivity contribution >= 4 is 17.6 Å².